The molecule has 0 spiro atoms. The third-order valence-electron chi connectivity index (χ3n) is 4.88. The van der Waals surface area contributed by atoms with Crippen LogP contribution < -0.4 is 20.1 Å². The van der Waals surface area contributed by atoms with Crippen LogP contribution in [0.2, 0.25) is 0 Å². The summed E-state index contributed by atoms with van der Waals surface area (Å²) in [5.41, 5.74) is 3.97. The third-order valence-corrected chi connectivity index (χ3v) is 4.88. The molecule has 0 atom stereocenters. The molecule has 0 aliphatic carbocycles. The predicted molar refractivity (Wildman–Crippen MR) is 119 cm³/mol. The lowest BCUT2D eigenvalue weighted by molar-refractivity contribution is 0.0958. The van der Waals surface area contributed by atoms with Crippen molar-refractivity contribution in [2.75, 3.05) is 19.5 Å². The summed E-state index contributed by atoms with van der Waals surface area (Å²) < 4.78 is 13.4. The van der Waals surface area contributed by atoms with Gasteiger partial charge < -0.3 is 24.7 Å². The number of aryl methyl sites for hydroxylation is 2. The number of hydrogen-bond donors (Lipinski definition) is 2. The first-order valence-corrected chi connectivity index (χ1v) is 9.72. The summed E-state index contributed by atoms with van der Waals surface area (Å²) in [7, 11) is 5.15. The molecule has 2 aromatic heterocycles. The summed E-state index contributed by atoms with van der Waals surface area (Å²) in [6, 6.07) is 14.9. The number of nitrogens with zero attached hydrogens (tertiary/aromatic N) is 3. The van der Waals surface area contributed by atoms with Crippen molar-refractivity contribution >= 4 is 28.6 Å². The lowest BCUT2D eigenvalue weighted by Gasteiger charge is -2.11. The van der Waals surface area contributed by atoms with Crippen molar-refractivity contribution in [1.29, 1.82) is 0 Å². The highest BCUT2D eigenvalue weighted by Gasteiger charge is 2.12. The second-order valence-corrected chi connectivity index (χ2v) is 7.03. The summed E-state index contributed by atoms with van der Waals surface area (Å²) >= 11 is 0. The first kappa shape index (κ1) is 20.2. The summed E-state index contributed by atoms with van der Waals surface area (Å²) in [5, 5.41) is 5.90. The molecule has 2 N–H and O–H groups in total. The first-order chi connectivity index (χ1) is 15.0. The van der Waals surface area contributed by atoms with Crippen LogP contribution in [0.4, 0.5) is 11.6 Å². The molecule has 158 valence electrons. The van der Waals surface area contributed by atoms with Gasteiger partial charge in [-0.2, -0.15) is 0 Å². The summed E-state index contributed by atoms with van der Waals surface area (Å²) in [6.07, 6.45) is 1.54. The fourth-order valence-electron chi connectivity index (χ4n) is 3.26. The molecule has 0 saturated carbocycles. The highest BCUT2D eigenvalue weighted by atomic mass is 16.5. The summed E-state index contributed by atoms with van der Waals surface area (Å²) in [5.74, 6) is 2.28. The number of ether oxygens (including phenoxy) is 2. The van der Waals surface area contributed by atoms with E-state index in [1.54, 1.807) is 26.3 Å². The molecular formula is C23H23N5O3. The minimum absolute atomic E-state index is 0.270. The van der Waals surface area contributed by atoms with Crippen molar-refractivity contribution in [3.8, 4) is 17.2 Å². The van der Waals surface area contributed by atoms with Crippen LogP contribution >= 0.6 is 0 Å². The maximum absolute atomic E-state index is 11.8. The number of hydrogen-bond acceptors (Lipinski definition) is 6. The molecule has 0 fully saturated rings. The SMILES string of the molecule is CNC(=O)c1cc(Oc2ccc3c(c2)nc(Nc2cc(C)ccc2OC)n3C)ccn1. The number of fused-ring (bicyclic) bond motifs is 1. The monoisotopic (exact) mass is 417 g/mol. The number of imidazole rings is 1. The van der Waals surface area contributed by atoms with E-state index >= 15 is 0 Å². The van der Waals surface area contributed by atoms with Gasteiger partial charge in [-0.1, -0.05) is 6.07 Å². The highest BCUT2D eigenvalue weighted by molar-refractivity contribution is 5.92. The van der Waals surface area contributed by atoms with Crippen LogP contribution in [0.15, 0.2) is 54.7 Å². The quantitative estimate of drug-likeness (QED) is 0.489. The van der Waals surface area contributed by atoms with E-state index < -0.39 is 0 Å². The Morgan fingerprint density at radius 2 is 1.87 bits per heavy atom. The van der Waals surface area contributed by atoms with E-state index in [9.17, 15) is 4.79 Å². The van der Waals surface area contributed by atoms with Crippen molar-refractivity contribution in [3.05, 3.63) is 66.0 Å². The number of anilines is 2. The Hall–Kier alpha value is -4.07. The standard InChI is InChI=1S/C23H23N5O3/c1-14-5-8-21(30-4)18(11-14)27-23-26-17-12-15(6-7-20(17)28(23)3)31-16-9-10-25-19(13-16)22(29)24-2/h5-13H,1-4H3,(H,24,29)(H,26,27). The van der Waals surface area contributed by atoms with Crippen LogP contribution in [0.1, 0.15) is 16.1 Å². The molecule has 0 unspecified atom stereocenters. The minimum atomic E-state index is -0.270. The van der Waals surface area contributed by atoms with Crippen molar-refractivity contribution in [3.63, 3.8) is 0 Å². The van der Waals surface area contributed by atoms with Crippen molar-refractivity contribution in [2.24, 2.45) is 7.05 Å². The number of carbonyl (C=O) groups excluding carboxylic acids is 1. The molecule has 8 heteroatoms. The second kappa shape index (κ2) is 8.35. The molecule has 2 aromatic carbocycles. The van der Waals surface area contributed by atoms with Gasteiger partial charge in [0.05, 0.1) is 23.8 Å². The third kappa shape index (κ3) is 4.13. The molecule has 31 heavy (non-hydrogen) atoms. The van der Waals surface area contributed by atoms with Crippen molar-refractivity contribution in [1.82, 2.24) is 19.9 Å². The number of pyridine rings is 1. The lowest BCUT2D eigenvalue weighted by atomic mass is 10.2. The molecule has 4 aromatic rings. The summed E-state index contributed by atoms with van der Waals surface area (Å²) in [6.45, 7) is 2.03. The van der Waals surface area contributed by atoms with Gasteiger partial charge in [0, 0.05) is 32.4 Å². The van der Waals surface area contributed by atoms with E-state index in [1.807, 2.05) is 54.9 Å². The molecule has 8 nitrogen and oxygen atoms in total. The molecule has 2 heterocycles. The first-order valence-electron chi connectivity index (χ1n) is 9.72. The number of rotatable bonds is 6. The van der Waals surface area contributed by atoms with Gasteiger partial charge in [0.15, 0.2) is 0 Å². The summed E-state index contributed by atoms with van der Waals surface area (Å²) in [4.78, 5) is 20.6. The number of methoxy groups -OCH3 is 1. The zero-order valence-corrected chi connectivity index (χ0v) is 17.8. The van der Waals surface area contributed by atoms with Gasteiger partial charge in [-0.15, -0.1) is 0 Å². The normalized spacial score (nSPS) is 10.7. The van der Waals surface area contributed by atoms with Gasteiger partial charge in [-0.25, -0.2) is 4.98 Å². The topological polar surface area (TPSA) is 90.3 Å². The number of aromatic nitrogens is 3. The fourth-order valence-corrected chi connectivity index (χ4v) is 3.26. The zero-order chi connectivity index (χ0) is 22.0. The molecule has 0 bridgehead atoms. The Morgan fingerprint density at radius 1 is 1.06 bits per heavy atom. The largest absolute Gasteiger partial charge is 0.495 e. The lowest BCUT2D eigenvalue weighted by Crippen LogP contribution is -2.18. The van der Waals surface area contributed by atoms with Crippen LogP contribution in [-0.4, -0.2) is 34.6 Å². The molecule has 0 aliphatic rings. The van der Waals surface area contributed by atoms with Crippen molar-refractivity contribution in [2.45, 2.75) is 6.92 Å². The van der Waals surface area contributed by atoms with Crippen LogP contribution in [0.3, 0.4) is 0 Å². The number of nitrogens with one attached hydrogen (secondary N) is 2. The van der Waals surface area contributed by atoms with Gasteiger partial charge in [0.2, 0.25) is 5.95 Å². The average molecular weight is 417 g/mol. The smallest absolute Gasteiger partial charge is 0.269 e. The van der Waals surface area contributed by atoms with Gasteiger partial charge >= 0.3 is 0 Å². The van der Waals surface area contributed by atoms with Gasteiger partial charge in [-0.05, 0) is 42.8 Å². The van der Waals surface area contributed by atoms with Crippen LogP contribution in [-0.2, 0) is 7.05 Å². The second-order valence-electron chi connectivity index (χ2n) is 7.03. The molecule has 0 radical (unpaired) electrons. The number of amides is 1. The van der Waals surface area contributed by atoms with E-state index in [4.69, 9.17) is 14.5 Å². The van der Waals surface area contributed by atoms with Crippen molar-refractivity contribution < 1.29 is 14.3 Å². The fraction of sp³-hybridized carbons (Fsp3) is 0.174. The Bertz CT molecular complexity index is 1270. The average Bonchev–Trinajstić information content (AvgIpc) is 3.08. The molecule has 0 saturated heterocycles. The maximum atomic E-state index is 11.8. The van der Waals surface area contributed by atoms with Crippen LogP contribution in [0.5, 0.6) is 17.2 Å². The predicted octanol–water partition coefficient (Wildman–Crippen LogP) is 4.18. The Morgan fingerprint density at radius 3 is 2.65 bits per heavy atom. The zero-order valence-electron chi connectivity index (χ0n) is 17.8. The van der Waals surface area contributed by atoms with E-state index in [0.29, 0.717) is 17.4 Å². The maximum Gasteiger partial charge on any atom is 0.269 e. The van der Waals surface area contributed by atoms with E-state index in [-0.39, 0.29) is 11.6 Å². The molecular weight excluding hydrogens is 394 g/mol. The van der Waals surface area contributed by atoms with Crippen LogP contribution in [0, 0.1) is 6.92 Å². The van der Waals surface area contributed by atoms with Gasteiger partial charge in [-0.3, -0.25) is 9.78 Å². The molecule has 1 amide bonds. The molecule has 0 aliphatic heterocycles. The minimum Gasteiger partial charge on any atom is -0.495 e. The Kier molecular flexibility index (Phi) is 5.44. The van der Waals surface area contributed by atoms with E-state index in [1.165, 1.54) is 6.20 Å². The van der Waals surface area contributed by atoms with E-state index in [2.05, 4.69) is 15.6 Å². The number of benzene rings is 2. The van der Waals surface area contributed by atoms with Gasteiger partial charge in [0.25, 0.3) is 5.91 Å². The van der Waals surface area contributed by atoms with Crippen LogP contribution in [0.25, 0.3) is 11.0 Å². The Balaban J connectivity index is 1.62. The number of carbonyl (C=O) groups is 1. The Labute approximate surface area is 179 Å². The van der Waals surface area contributed by atoms with Gasteiger partial charge in [0.1, 0.15) is 22.9 Å². The van der Waals surface area contributed by atoms with E-state index in [0.717, 1.165) is 28.0 Å². The molecule has 4 rings (SSSR count). The highest BCUT2D eigenvalue weighted by Crippen LogP contribution is 2.31.